The van der Waals surface area contributed by atoms with E-state index >= 15 is 0 Å². The zero-order chi connectivity index (χ0) is 22.8. The molecule has 0 saturated carbocycles. The van der Waals surface area contributed by atoms with Crippen LogP contribution in [0.4, 0.5) is 5.82 Å². The number of amides is 1. The van der Waals surface area contributed by atoms with Crippen LogP contribution in [0.3, 0.4) is 0 Å². The third-order valence-corrected chi connectivity index (χ3v) is 6.00. The molecule has 33 heavy (non-hydrogen) atoms. The molecule has 0 aliphatic carbocycles. The van der Waals surface area contributed by atoms with Crippen LogP contribution < -0.4 is 9.64 Å². The van der Waals surface area contributed by atoms with Crippen molar-refractivity contribution in [1.82, 2.24) is 24.6 Å². The SMILES string of the molecule is CCOc1ccc2ccccc2c1C(=O)N1CCN(c2ccc(-n3ccnc3C)nn2)CC1. The van der Waals surface area contributed by atoms with Gasteiger partial charge in [-0.25, -0.2) is 4.98 Å². The fourth-order valence-electron chi connectivity index (χ4n) is 4.28. The summed E-state index contributed by atoms with van der Waals surface area (Å²) in [6, 6.07) is 15.8. The first-order valence-corrected chi connectivity index (χ1v) is 11.2. The van der Waals surface area contributed by atoms with Gasteiger partial charge >= 0.3 is 0 Å². The number of fused-ring (bicyclic) bond motifs is 1. The highest BCUT2D eigenvalue weighted by molar-refractivity contribution is 6.09. The Balaban J connectivity index is 1.32. The highest BCUT2D eigenvalue weighted by Crippen LogP contribution is 2.30. The molecule has 0 radical (unpaired) electrons. The topological polar surface area (TPSA) is 76.4 Å². The lowest BCUT2D eigenvalue weighted by atomic mass is 10.0. The number of hydrogen-bond donors (Lipinski definition) is 0. The standard InChI is InChI=1S/C25H26N6O2/c1-3-33-21-9-8-19-6-4-5-7-20(19)24(21)25(32)30-16-14-29(15-17-30)22-10-11-23(28-27-22)31-13-12-26-18(31)2/h4-13H,3,14-17H2,1-2H3. The second-order valence-corrected chi connectivity index (χ2v) is 7.97. The smallest absolute Gasteiger partial charge is 0.258 e. The number of aryl methyl sites for hydroxylation is 1. The van der Waals surface area contributed by atoms with E-state index in [-0.39, 0.29) is 5.91 Å². The van der Waals surface area contributed by atoms with Crippen molar-refractivity contribution < 1.29 is 9.53 Å². The number of rotatable bonds is 5. The predicted octanol–water partition coefficient (Wildman–Crippen LogP) is 3.49. The number of aromatic nitrogens is 4. The molecule has 0 N–H and O–H groups in total. The largest absolute Gasteiger partial charge is 0.493 e. The van der Waals surface area contributed by atoms with Crippen molar-refractivity contribution in [2.75, 3.05) is 37.7 Å². The fourth-order valence-corrected chi connectivity index (χ4v) is 4.28. The van der Waals surface area contributed by atoms with E-state index in [0.29, 0.717) is 44.1 Å². The van der Waals surface area contributed by atoms with E-state index in [9.17, 15) is 4.79 Å². The summed E-state index contributed by atoms with van der Waals surface area (Å²) in [4.78, 5) is 21.8. The highest BCUT2D eigenvalue weighted by atomic mass is 16.5. The minimum Gasteiger partial charge on any atom is -0.493 e. The van der Waals surface area contributed by atoms with Crippen LogP contribution in [0, 0.1) is 6.92 Å². The van der Waals surface area contributed by atoms with Crippen molar-refractivity contribution in [3.63, 3.8) is 0 Å². The molecule has 2 aromatic carbocycles. The van der Waals surface area contributed by atoms with E-state index in [1.165, 1.54) is 0 Å². The fraction of sp³-hybridized carbons (Fsp3) is 0.280. The van der Waals surface area contributed by atoms with Crippen LogP contribution in [-0.2, 0) is 0 Å². The number of anilines is 1. The molecule has 1 aliphatic heterocycles. The van der Waals surface area contributed by atoms with Crippen molar-refractivity contribution >= 4 is 22.5 Å². The number of ether oxygens (including phenoxy) is 1. The summed E-state index contributed by atoms with van der Waals surface area (Å²) in [5, 5.41) is 10.7. The van der Waals surface area contributed by atoms with Gasteiger partial charge in [0.25, 0.3) is 5.91 Å². The van der Waals surface area contributed by atoms with Gasteiger partial charge in [-0.1, -0.05) is 30.3 Å². The summed E-state index contributed by atoms with van der Waals surface area (Å²) in [5.74, 6) is 3.06. The van der Waals surface area contributed by atoms with Crippen molar-refractivity contribution in [3.8, 4) is 11.6 Å². The Morgan fingerprint density at radius 3 is 2.42 bits per heavy atom. The van der Waals surface area contributed by atoms with E-state index in [2.05, 4.69) is 20.1 Å². The summed E-state index contributed by atoms with van der Waals surface area (Å²) in [6.07, 6.45) is 3.61. The Hall–Kier alpha value is -3.94. The van der Waals surface area contributed by atoms with Gasteiger partial charge in [-0.15, -0.1) is 10.2 Å². The van der Waals surface area contributed by atoms with Crippen molar-refractivity contribution in [2.45, 2.75) is 13.8 Å². The molecular weight excluding hydrogens is 416 g/mol. The van der Waals surface area contributed by atoms with E-state index in [1.807, 2.05) is 78.0 Å². The first-order chi connectivity index (χ1) is 16.2. The van der Waals surface area contributed by atoms with Crippen LogP contribution in [0.5, 0.6) is 5.75 Å². The van der Waals surface area contributed by atoms with Gasteiger partial charge in [0, 0.05) is 38.6 Å². The van der Waals surface area contributed by atoms with Gasteiger partial charge in [-0.2, -0.15) is 0 Å². The number of nitrogens with zero attached hydrogens (tertiary/aromatic N) is 6. The lowest BCUT2D eigenvalue weighted by molar-refractivity contribution is 0.0744. The van der Waals surface area contributed by atoms with Crippen LogP contribution in [0.2, 0.25) is 0 Å². The summed E-state index contributed by atoms with van der Waals surface area (Å²) in [7, 11) is 0. The zero-order valence-electron chi connectivity index (χ0n) is 18.8. The van der Waals surface area contributed by atoms with Crippen LogP contribution in [0.1, 0.15) is 23.1 Å². The number of carbonyl (C=O) groups excluding carboxylic acids is 1. The van der Waals surface area contributed by atoms with Crippen molar-refractivity contribution in [2.24, 2.45) is 0 Å². The molecule has 8 nitrogen and oxygen atoms in total. The van der Waals surface area contributed by atoms with Crippen molar-refractivity contribution in [3.05, 3.63) is 72.3 Å². The van der Waals surface area contributed by atoms with Gasteiger partial charge < -0.3 is 14.5 Å². The number of benzene rings is 2. The van der Waals surface area contributed by atoms with Crippen LogP contribution in [0.25, 0.3) is 16.6 Å². The molecule has 1 amide bonds. The van der Waals surface area contributed by atoms with Gasteiger partial charge in [0.2, 0.25) is 0 Å². The maximum Gasteiger partial charge on any atom is 0.258 e. The third kappa shape index (κ3) is 4.00. The minimum absolute atomic E-state index is 0.00640. The quantitative estimate of drug-likeness (QED) is 0.471. The highest BCUT2D eigenvalue weighted by Gasteiger charge is 2.26. The lowest BCUT2D eigenvalue weighted by Crippen LogP contribution is -2.49. The summed E-state index contributed by atoms with van der Waals surface area (Å²) < 4.78 is 7.71. The molecular formula is C25H26N6O2. The molecule has 3 heterocycles. The predicted molar refractivity (Wildman–Crippen MR) is 127 cm³/mol. The minimum atomic E-state index is 0.00640. The van der Waals surface area contributed by atoms with E-state index in [4.69, 9.17) is 4.74 Å². The van der Waals surface area contributed by atoms with Crippen LogP contribution in [0.15, 0.2) is 60.9 Å². The van der Waals surface area contributed by atoms with Gasteiger partial charge in [0.1, 0.15) is 11.6 Å². The second kappa shape index (κ2) is 8.90. The average Bonchev–Trinajstić information content (AvgIpc) is 3.30. The van der Waals surface area contributed by atoms with E-state index in [1.54, 1.807) is 6.20 Å². The number of piperazine rings is 1. The molecule has 8 heteroatoms. The molecule has 1 saturated heterocycles. The van der Waals surface area contributed by atoms with Crippen LogP contribution >= 0.6 is 0 Å². The molecule has 1 aliphatic rings. The first-order valence-electron chi connectivity index (χ1n) is 11.2. The molecule has 2 aromatic heterocycles. The van der Waals surface area contributed by atoms with E-state index in [0.717, 1.165) is 28.2 Å². The maximum atomic E-state index is 13.6. The Morgan fingerprint density at radius 2 is 1.73 bits per heavy atom. The monoisotopic (exact) mass is 442 g/mol. The Kier molecular flexibility index (Phi) is 5.64. The molecule has 5 rings (SSSR count). The molecule has 1 fully saturated rings. The summed E-state index contributed by atoms with van der Waals surface area (Å²) >= 11 is 0. The van der Waals surface area contributed by atoms with Gasteiger partial charge in [0.15, 0.2) is 11.6 Å². The molecule has 0 unspecified atom stereocenters. The summed E-state index contributed by atoms with van der Waals surface area (Å²) in [6.45, 7) is 6.98. The Bertz CT molecular complexity index is 1280. The average molecular weight is 443 g/mol. The molecule has 0 atom stereocenters. The second-order valence-electron chi connectivity index (χ2n) is 7.97. The summed E-state index contributed by atoms with van der Waals surface area (Å²) in [5.41, 5.74) is 0.642. The van der Waals surface area contributed by atoms with Crippen LogP contribution in [-0.4, -0.2) is 63.3 Å². The Labute approximate surface area is 192 Å². The Morgan fingerprint density at radius 1 is 0.970 bits per heavy atom. The van der Waals surface area contributed by atoms with Gasteiger partial charge in [0.05, 0.1) is 12.2 Å². The molecule has 4 aromatic rings. The molecule has 0 bridgehead atoms. The first kappa shape index (κ1) is 20.9. The van der Waals surface area contributed by atoms with Gasteiger partial charge in [-0.05, 0) is 42.8 Å². The number of hydrogen-bond acceptors (Lipinski definition) is 6. The molecule has 0 spiro atoms. The lowest BCUT2D eigenvalue weighted by Gasteiger charge is -2.35. The van der Waals surface area contributed by atoms with E-state index < -0.39 is 0 Å². The number of carbonyl (C=O) groups is 1. The third-order valence-electron chi connectivity index (χ3n) is 6.00. The van der Waals surface area contributed by atoms with Gasteiger partial charge in [-0.3, -0.25) is 9.36 Å². The maximum absolute atomic E-state index is 13.6. The van der Waals surface area contributed by atoms with Crippen molar-refractivity contribution in [1.29, 1.82) is 0 Å². The normalized spacial score (nSPS) is 14.0. The number of imidazole rings is 1. The zero-order valence-corrected chi connectivity index (χ0v) is 18.8. The molecule has 168 valence electrons.